The van der Waals surface area contributed by atoms with Gasteiger partial charge in [-0.15, -0.1) is 11.8 Å². The molecule has 4 aromatic rings. The number of thioether (sulfide) groups is 1. The Morgan fingerprint density at radius 3 is 2.48 bits per heavy atom. The Morgan fingerprint density at radius 2 is 1.76 bits per heavy atom. The number of halogens is 1. The maximum absolute atomic E-state index is 13.3. The fourth-order valence-corrected chi connectivity index (χ4v) is 3.66. The van der Waals surface area contributed by atoms with Crippen LogP contribution in [0.1, 0.15) is 6.92 Å². The second-order valence-electron chi connectivity index (χ2n) is 5.57. The molecule has 0 saturated heterocycles. The molecule has 2 heterocycles. The van der Waals surface area contributed by atoms with Crippen molar-refractivity contribution in [1.82, 2.24) is 14.5 Å². The van der Waals surface area contributed by atoms with Gasteiger partial charge in [0.2, 0.25) is 0 Å². The first-order valence-electron chi connectivity index (χ1n) is 8.08. The predicted molar refractivity (Wildman–Crippen MR) is 101 cm³/mol. The summed E-state index contributed by atoms with van der Waals surface area (Å²) in [7, 11) is 0. The van der Waals surface area contributed by atoms with Gasteiger partial charge in [0.1, 0.15) is 22.8 Å². The minimum Gasteiger partial charge on any atom is -0.301 e. The molecule has 0 fully saturated rings. The number of benzene rings is 2. The zero-order valence-electron chi connectivity index (χ0n) is 13.7. The fourth-order valence-electron chi connectivity index (χ4n) is 2.92. The van der Waals surface area contributed by atoms with E-state index in [1.54, 1.807) is 30.2 Å². The number of nitrogens with zero attached hydrogens (tertiary/aromatic N) is 3. The minimum atomic E-state index is -0.250. The summed E-state index contributed by atoms with van der Waals surface area (Å²) in [6.45, 7) is 2.11. The van der Waals surface area contributed by atoms with Crippen LogP contribution in [0.3, 0.4) is 0 Å². The molecule has 0 bridgehead atoms. The van der Waals surface area contributed by atoms with E-state index < -0.39 is 0 Å². The number of fused-ring (bicyclic) bond motifs is 1. The lowest BCUT2D eigenvalue weighted by molar-refractivity contribution is 0.627. The molecule has 3 nitrogen and oxygen atoms in total. The summed E-state index contributed by atoms with van der Waals surface area (Å²) in [5.74, 6) is 0.683. The Balaban J connectivity index is 2.02. The molecule has 4 rings (SSSR count). The molecular formula is C20H16FN3S. The summed E-state index contributed by atoms with van der Waals surface area (Å²) in [6.07, 6.45) is 3.65. The van der Waals surface area contributed by atoms with Crippen LogP contribution in [0, 0.1) is 5.82 Å². The smallest absolute Gasteiger partial charge is 0.149 e. The Kier molecular flexibility index (Phi) is 4.24. The van der Waals surface area contributed by atoms with E-state index in [1.165, 1.54) is 12.1 Å². The number of aromatic nitrogens is 3. The van der Waals surface area contributed by atoms with Crippen LogP contribution in [-0.2, 0) is 0 Å². The summed E-state index contributed by atoms with van der Waals surface area (Å²) in [4.78, 5) is 9.00. The van der Waals surface area contributed by atoms with E-state index >= 15 is 0 Å². The minimum absolute atomic E-state index is 0.250. The van der Waals surface area contributed by atoms with Crippen LogP contribution in [-0.4, -0.2) is 20.3 Å². The van der Waals surface area contributed by atoms with Crippen molar-refractivity contribution in [3.05, 3.63) is 72.9 Å². The van der Waals surface area contributed by atoms with Gasteiger partial charge in [0.15, 0.2) is 0 Å². The number of hydrogen-bond acceptors (Lipinski definition) is 3. The van der Waals surface area contributed by atoms with E-state index in [-0.39, 0.29) is 5.82 Å². The van der Waals surface area contributed by atoms with Gasteiger partial charge in [-0.2, -0.15) is 0 Å². The predicted octanol–water partition coefficient (Wildman–Crippen LogP) is 5.34. The van der Waals surface area contributed by atoms with Crippen LogP contribution in [0.25, 0.3) is 27.8 Å². The van der Waals surface area contributed by atoms with Gasteiger partial charge < -0.3 is 4.57 Å². The van der Waals surface area contributed by atoms with Gasteiger partial charge in [0.05, 0.1) is 5.39 Å². The molecule has 0 spiro atoms. The molecular weight excluding hydrogens is 333 g/mol. The van der Waals surface area contributed by atoms with E-state index in [1.807, 2.05) is 22.8 Å². The van der Waals surface area contributed by atoms with Gasteiger partial charge in [-0.3, -0.25) is 0 Å². The summed E-state index contributed by atoms with van der Waals surface area (Å²) >= 11 is 1.70. The molecule has 0 radical (unpaired) electrons. The monoisotopic (exact) mass is 349 g/mol. The maximum Gasteiger partial charge on any atom is 0.149 e. The fraction of sp³-hybridized carbons (Fsp3) is 0.100. The van der Waals surface area contributed by atoms with Gasteiger partial charge in [0.25, 0.3) is 0 Å². The van der Waals surface area contributed by atoms with Crippen LogP contribution in [0.15, 0.2) is 72.1 Å². The van der Waals surface area contributed by atoms with E-state index in [2.05, 4.69) is 35.2 Å². The molecule has 2 aromatic carbocycles. The van der Waals surface area contributed by atoms with Crippen LogP contribution in [0.4, 0.5) is 4.39 Å². The summed E-state index contributed by atoms with van der Waals surface area (Å²) in [5, 5.41) is 2.00. The average molecular weight is 349 g/mol. The van der Waals surface area contributed by atoms with Crippen molar-refractivity contribution < 1.29 is 4.39 Å². The van der Waals surface area contributed by atoms with Crippen LogP contribution < -0.4 is 0 Å². The van der Waals surface area contributed by atoms with Crippen molar-refractivity contribution in [3.63, 3.8) is 0 Å². The lowest BCUT2D eigenvalue weighted by atomic mass is 10.1. The van der Waals surface area contributed by atoms with Crippen LogP contribution in [0.5, 0.6) is 0 Å². The van der Waals surface area contributed by atoms with Crippen molar-refractivity contribution >= 4 is 22.8 Å². The quantitative estimate of drug-likeness (QED) is 0.368. The topological polar surface area (TPSA) is 30.7 Å². The van der Waals surface area contributed by atoms with Gasteiger partial charge in [-0.25, -0.2) is 14.4 Å². The lowest BCUT2D eigenvalue weighted by Crippen LogP contribution is -1.95. The van der Waals surface area contributed by atoms with Crippen LogP contribution >= 0.6 is 11.8 Å². The van der Waals surface area contributed by atoms with Gasteiger partial charge in [0, 0.05) is 17.4 Å². The largest absolute Gasteiger partial charge is 0.301 e. The normalized spacial score (nSPS) is 11.1. The Morgan fingerprint density at radius 1 is 1.00 bits per heavy atom. The Labute approximate surface area is 149 Å². The highest BCUT2D eigenvalue weighted by molar-refractivity contribution is 7.99. The molecule has 0 atom stereocenters. The molecule has 25 heavy (non-hydrogen) atoms. The molecule has 0 N–H and O–H groups in total. The Hall–Kier alpha value is -2.66. The third-order valence-electron chi connectivity index (χ3n) is 4.02. The maximum atomic E-state index is 13.3. The highest BCUT2D eigenvalue weighted by Gasteiger charge is 2.17. The van der Waals surface area contributed by atoms with Crippen molar-refractivity contribution in [2.75, 3.05) is 5.75 Å². The Bertz CT molecular complexity index is 1010. The van der Waals surface area contributed by atoms with E-state index in [9.17, 15) is 4.39 Å². The van der Waals surface area contributed by atoms with Gasteiger partial charge in [-0.05, 0) is 35.6 Å². The second kappa shape index (κ2) is 6.69. The van der Waals surface area contributed by atoms with Crippen molar-refractivity contribution in [2.24, 2.45) is 0 Å². The van der Waals surface area contributed by atoms with Crippen molar-refractivity contribution in [1.29, 1.82) is 0 Å². The third kappa shape index (κ3) is 2.91. The zero-order valence-corrected chi connectivity index (χ0v) is 14.5. The van der Waals surface area contributed by atoms with E-state index in [0.29, 0.717) is 0 Å². The summed E-state index contributed by atoms with van der Waals surface area (Å²) in [6, 6.07) is 16.7. The summed E-state index contributed by atoms with van der Waals surface area (Å²) in [5.41, 5.74) is 3.90. The molecule has 5 heteroatoms. The molecule has 0 aliphatic heterocycles. The SMILES string of the molecule is CCSc1ncnc2c1c(-c1ccccc1)cn2-c1ccc(F)cc1. The molecule has 0 aliphatic rings. The highest BCUT2D eigenvalue weighted by Crippen LogP contribution is 2.36. The first kappa shape index (κ1) is 15.8. The molecule has 2 aromatic heterocycles. The van der Waals surface area contributed by atoms with Gasteiger partial charge in [-0.1, -0.05) is 37.3 Å². The molecule has 124 valence electrons. The lowest BCUT2D eigenvalue weighted by Gasteiger charge is -2.05. The number of hydrogen-bond donors (Lipinski definition) is 0. The van der Waals surface area contributed by atoms with Gasteiger partial charge >= 0.3 is 0 Å². The molecule has 0 amide bonds. The summed E-state index contributed by atoms with van der Waals surface area (Å²) < 4.78 is 15.3. The highest BCUT2D eigenvalue weighted by atomic mass is 32.2. The van der Waals surface area contributed by atoms with Crippen LogP contribution in [0.2, 0.25) is 0 Å². The first-order chi connectivity index (χ1) is 12.3. The number of rotatable bonds is 4. The first-order valence-corrected chi connectivity index (χ1v) is 9.06. The van der Waals surface area contributed by atoms with Crippen molar-refractivity contribution in [2.45, 2.75) is 11.9 Å². The van der Waals surface area contributed by atoms with E-state index in [0.717, 1.165) is 38.6 Å². The third-order valence-corrected chi connectivity index (χ3v) is 4.89. The zero-order chi connectivity index (χ0) is 17.2. The standard InChI is InChI=1S/C20H16FN3S/c1-2-25-20-18-17(14-6-4-3-5-7-14)12-24(19(18)22-13-23-20)16-10-8-15(21)9-11-16/h3-13H,2H2,1H3. The molecule has 0 aliphatic carbocycles. The molecule has 0 unspecified atom stereocenters. The molecule has 0 saturated carbocycles. The second-order valence-corrected chi connectivity index (χ2v) is 6.82. The average Bonchev–Trinajstić information content (AvgIpc) is 3.04. The van der Waals surface area contributed by atoms with Crippen molar-refractivity contribution in [3.8, 4) is 16.8 Å². The van der Waals surface area contributed by atoms with E-state index in [4.69, 9.17) is 0 Å².